The minimum absolute atomic E-state index is 0.313. The molecule has 0 aliphatic rings. The lowest BCUT2D eigenvalue weighted by Crippen LogP contribution is -2.01. The first-order valence-corrected chi connectivity index (χ1v) is 5.15. The van der Waals surface area contributed by atoms with Crippen LogP contribution in [0.1, 0.15) is 16.1 Å². The number of benzene rings is 1. The molecular weight excluding hydrogens is 260 g/mol. The van der Waals surface area contributed by atoms with Gasteiger partial charge in [-0.05, 0) is 24.6 Å². The fraction of sp³-hybridized carbons (Fsp3) is 0.200. The number of carbonyl (C=O) groups excluding carboxylic acids is 1. The molecule has 2 rings (SSSR count). The Bertz CT molecular complexity index is 533. The molecule has 1 N–H and O–H groups in total. The topological polar surface area (TPSA) is 55.0 Å². The number of ether oxygens (including phenoxy) is 1. The van der Waals surface area contributed by atoms with Crippen LogP contribution in [-0.4, -0.2) is 23.3 Å². The van der Waals surface area contributed by atoms with Gasteiger partial charge in [-0.2, -0.15) is 5.10 Å². The fourth-order valence-corrected chi connectivity index (χ4v) is 1.74. The van der Waals surface area contributed by atoms with E-state index in [9.17, 15) is 4.79 Å². The minimum atomic E-state index is -0.433. The van der Waals surface area contributed by atoms with Gasteiger partial charge in [0, 0.05) is 9.86 Å². The van der Waals surface area contributed by atoms with Crippen LogP contribution in [0.5, 0.6) is 0 Å². The Morgan fingerprint density at radius 2 is 2.27 bits per heavy atom. The summed E-state index contributed by atoms with van der Waals surface area (Å²) in [5, 5.41) is 7.49. The molecule has 1 aromatic heterocycles. The van der Waals surface area contributed by atoms with Crippen LogP contribution in [-0.2, 0) is 4.74 Å². The van der Waals surface area contributed by atoms with Gasteiger partial charge in [-0.25, -0.2) is 4.79 Å². The average Bonchev–Trinajstić information content (AvgIpc) is 2.61. The first kappa shape index (κ1) is 10.2. The number of aromatic nitrogens is 2. The van der Waals surface area contributed by atoms with Gasteiger partial charge in [0.1, 0.15) is 0 Å². The van der Waals surface area contributed by atoms with Crippen molar-refractivity contribution in [2.75, 3.05) is 7.11 Å². The van der Waals surface area contributed by atoms with Gasteiger partial charge in [-0.1, -0.05) is 15.9 Å². The Morgan fingerprint density at radius 3 is 2.93 bits per heavy atom. The highest BCUT2D eigenvalue weighted by Gasteiger charge is 2.15. The predicted molar refractivity (Wildman–Crippen MR) is 59.9 cm³/mol. The molecule has 0 spiro atoms. The fourth-order valence-electron chi connectivity index (χ4n) is 1.40. The first-order valence-electron chi connectivity index (χ1n) is 4.36. The van der Waals surface area contributed by atoms with Crippen molar-refractivity contribution < 1.29 is 9.53 Å². The highest BCUT2D eigenvalue weighted by Crippen LogP contribution is 2.24. The number of halogens is 1. The van der Waals surface area contributed by atoms with E-state index in [1.807, 2.05) is 19.1 Å². The third-order valence-electron chi connectivity index (χ3n) is 2.22. The second kappa shape index (κ2) is 3.66. The molecule has 78 valence electrons. The Labute approximate surface area is 94.7 Å². The van der Waals surface area contributed by atoms with Gasteiger partial charge in [0.25, 0.3) is 0 Å². The molecule has 0 atom stereocenters. The molecule has 0 unspecified atom stereocenters. The van der Waals surface area contributed by atoms with Crippen LogP contribution in [0.2, 0.25) is 0 Å². The van der Waals surface area contributed by atoms with E-state index in [4.69, 9.17) is 0 Å². The van der Waals surface area contributed by atoms with Gasteiger partial charge in [-0.3, -0.25) is 5.10 Å². The first-order chi connectivity index (χ1) is 7.13. The van der Waals surface area contributed by atoms with Crippen molar-refractivity contribution in [3.63, 3.8) is 0 Å². The van der Waals surface area contributed by atoms with Crippen molar-refractivity contribution in [1.29, 1.82) is 0 Å². The maximum atomic E-state index is 11.4. The molecule has 0 aliphatic heterocycles. The van der Waals surface area contributed by atoms with Gasteiger partial charge in [0.15, 0.2) is 5.69 Å². The van der Waals surface area contributed by atoms with E-state index in [0.717, 1.165) is 20.9 Å². The monoisotopic (exact) mass is 268 g/mol. The molecule has 2 aromatic rings. The zero-order valence-corrected chi connectivity index (χ0v) is 9.88. The van der Waals surface area contributed by atoms with Crippen molar-refractivity contribution in [2.45, 2.75) is 6.92 Å². The number of H-pyrrole nitrogens is 1. The SMILES string of the molecule is COC(=O)c1n[nH]c2cc(C)c(Br)cc12. The summed E-state index contributed by atoms with van der Waals surface area (Å²) in [7, 11) is 1.34. The molecule has 0 radical (unpaired) electrons. The van der Waals surface area contributed by atoms with Crippen LogP contribution in [0.3, 0.4) is 0 Å². The van der Waals surface area contributed by atoms with E-state index in [2.05, 4.69) is 30.9 Å². The van der Waals surface area contributed by atoms with Crippen molar-refractivity contribution in [3.8, 4) is 0 Å². The van der Waals surface area contributed by atoms with Crippen LogP contribution in [0.25, 0.3) is 10.9 Å². The maximum Gasteiger partial charge on any atom is 0.359 e. The van der Waals surface area contributed by atoms with E-state index in [0.29, 0.717) is 5.69 Å². The largest absolute Gasteiger partial charge is 0.464 e. The summed E-state index contributed by atoms with van der Waals surface area (Å²) in [6, 6.07) is 3.79. The molecule has 5 heteroatoms. The van der Waals surface area contributed by atoms with E-state index in [1.165, 1.54) is 7.11 Å². The van der Waals surface area contributed by atoms with Crippen LogP contribution in [0.15, 0.2) is 16.6 Å². The number of methoxy groups -OCH3 is 1. The predicted octanol–water partition coefficient (Wildman–Crippen LogP) is 2.42. The molecule has 0 amide bonds. The normalized spacial score (nSPS) is 10.6. The number of rotatable bonds is 1. The van der Waals surface area contributed by atoms with Gasteiger partial charge < -0.3 is 4.74 Å². The van der Waals surface area contributed by atoms with Crippen molar-refractivity contribution >= 4 is 32.8 Å². The van der Waals surface area contributed by atoms with Gasteiger partial charge in [0.2, 0.25) is 0 Å². The summed E-state index contributed by atoms with van der Waals surface area (Å²) in [5.74, 6) is -0.433. The quantitative estimate of drug-likeness (QED) is 0.809. The standard InChI is InChI=1S/C10H9BrN2O2/c1-5-3-8-6(4-7(5)11)9(13-12-8)10(14)15-2/h3-4H,1-2H3,(H,12,13). The third kappa shape index (κ3) is 1.63. The number of aryl methyl sites for hydroxylation is 1. The number of carbonyl (C=O) groups is 1. The van der Waals surface area contributed by atoms with E-state index in [-0.39, 0.29) is 0 Å². The summed E-state index contributed by atoms with van der Waals surface area (Å²) in [6.45, 7) is 1.97. The zero-order chi connectivity index (χ0) is 11.0. The average molecular weight is 269 g/mol. The van der Waals surface area contributed by atoms with Crippen molar-refractivity contribution in [3.05, 3.63) is 27.9 Å². The van der Waals surface area contributed by atoms with Crippen LogP contribution in [0, 0.1) is 6.92 Å². The number of esters is 1. The van der Waals surface area contributed by atoms with Crippen LogP contribution >= 0.6 is 15.9 Å². The summed E-state index contributed by atoms with van der Waals surface area (Å²) in [4.78, 5) is 11.4. The molecule has 1 heterocycles. The summed E-state index contributed by atoms with van der Waals surface area (Å²) in [6.07, 6.45) is 0. The molecular formula is C10H9BrN2O2. The number of hydrogen-bond donors (Lipinski definition) is 1. The van der Waals surface area contributed by atoms with Gasteiger partial charge in [-0.15, -0.1) is 0 Å². The highest BCUT2D eigenvalue weighted by molar-refractivity contribution is 9.10. The minimum Gasteiger partial charge on any atom is -0.464 e. The number of hydrogen-bond acceptors (Lipinski definition) is 3. The molecule has 0 bridgehead atoms. The number of nitrogens with zero attached hydrogens (tertiary/aromatic N) is 1. The summed E-state index contributed by atoms with van der Waals surface area (Å²) < 4.78 is 5.58. The number of aromatic amines is 1. The van der Waals surface area contributed by atoms with Gasteiger partial charge >= 0.3 is 5.97 Å². The second-order valence-electron chi connectivity index (χ2n) is 3.21. The zero-order valence-electron chi connectivity index (χ0n) is 8.30. The summed E-state index contributed by atoms with van der Waals surface area (Å²) >= 11 is 3.41. The molecule has 15 heavy (non-hydrogen) atoms. The molecule has 0 aliphatic carbocycles. The van der Waals surface area contributed by atoms with Crippen LogP contribution < -0.4 is 0 Å². The lowest BCUT2D eigenvalue weighted by molar-refractivity contribution is 0.0596. The lowest BCUT2D eigenvalue weighted by Gasteiger charge is -1.98. The van der Waals surface area contributed by atoms with Crippen molar-refractivity contribution in [1.82, 2.24) is 10.2 Å². The smallest absolute Gasteiger partial charge is 0.359 e. The van der Waals surface area contributed by atoms with Crippen molar-refractivity contribution in [2.24, 2.45) is 0 Å². The number of nitrogens with one attached hydrogen (secondary N) is 1. The van der Waals surface area contributed by atoms with E-state index >= 15 is 0 Å². The Kier molecular flexibility index (Phi) is 2.48. The Balaban J connectivity index is 2.69. The molecule has 0 fully saturated rings. The number of fused-ring (bicyclic) bond motifs is 1. The van der Waals surface area contributed by atoms with Crippen LogP contribution in [0.4, 0.5) is 0 Å². The molecule has 0 saturated heterocycles. The molecule has 4 nitrogen and oxygen atoms in total. The second-order valence-corrected chi connectivity index (χ2v) is 4.07. The maximum absolute atomic E-state index is 11.4. The van der Waals surface area contributed by atoms with E-state index in [1.54, 1.807) is 0 Å². The Hall–Kier alpha value is -1.36. The van der Waals surface area contributed by atoms with E-state index < -0.39 is 5.97 Å². The molecule has 0 saturated carbocycles. The third-order valence-corrected chi connectivity index (χ3v) is 3.08. The summed E-state index contributed by atoms with van der Waals surface area (Å²) in [5.41, 5.74) is 2.23. The molecule has 1 aromatic carbocycles. The Morgan fingerprint density at radius 1 is 1.53 bits per heavy atom. The lowest BCUT2D eigenvalue weighted by atomic mass is 10.1. The van der Waals surface area contributed by atoms with Gasteiger partial charge in [0.05, 0.1) is 12.6 Å². The highest BCUT2D eigenvalue weighted by atomic mass is 79.9.